The number of aryl methyl sites for hydroxylation is 1. The Morgan fingerprint density at radius 2 is 1.68 bits per heavy atom. The molecule has 0 bridgehead atoms. The van der Waals surface area contributed by atoms with Gasteiger partial charge in [0, 0.05) is 12.0 Å². The highest BCUT2D eigenvalue weighted by Crippen LogP contribution is 2.28. The van der Waals surface area contributed by atoms with Gasteiger partial charge < -0.3 is 15.3 Å². The Bertz CT molecular complexity index is 881. The fourth-order valence-corrected chi connectivity index (χ4v) is 3.42. The monoisotopic (exact) mass is 426 g/mol. The molecule has 0 aliphatic carbocycles. The summed E-state index contributed by atoms with van der Waals surface area (Å²) in [4.78, 5) is 12.3. The third kappa shape index (κ3) is 10.8. The van der Waals surface area contributed by atoms with Crippen LogP contribution in [-0.4, -0.2) is 27.2 Å². The van der Waals surface area contributed by atoms with Crippen LogP contribution in [0.3, 0.4) is 0 Å². The lowest BCUT2D eigenvalue weighted by Crippen LogP contribution is -2.03. The van der Waals surface area contributed by atoms with Crippen LogP contribution >= 0.6 is 0 Å². The molecule has 1 aromatic carbocycles. The summed E-state index contributed by atoms with van der Waals surface area (Å²) in [5, 5.41) is 29.8. The summed E-state index contributed by atoms with van der Waals surface area (Å²) in [6.45, 7) is 11.6. The molecule has 170 valence electrons. The SMILES string of the molecule is CC(C)=C[C@H](O)C/C(C)=C/CC/C(C)=C\C(=O)C/C(C)=C/Cc1cc(O)cc(C)c1O. The molecule has 4 heteroatoms. The number of phenols is 2. The lowest BCUT2D eigenvalue weighted by atomic mass is 10.0. The van der Waals surface area contributed by atoms with Gasteiger partial charge in [-0.05, 0) is 91.0 Å². The maximum Gasteiger partial charge on any atom is 0.159 e. The van der Waals surface area contributed by atoms with Crippen LogP contribution in [0.25, 0.3) is 0 Å². The van der Waals surface area contributed by atoms with Gasteiger partial charge >= 0.3 is 0 Å². The Labute approximate surface area is 187 Å². The smallest absolute Gasteiger partial charge is 0.159 e. The molecule has 0 saturated carbocycles. The van der Waals surface area contributed by atoms with Gasteiger partial charge in [0.15, 0.2) is 5.78 Å². The summed E-state index contributed by atoms with van der Waals surface area (Å²) < 4.78 is 0. The van der Waals surface area contributed by atoms with Crippen LogP contribution in [0.5, 0.6) is 11.5 Å². The van der Waals surface area contributed by atoms with Gasteiger partial charge in [0.25, 0.3) is 0 Å². The first-order valence-corrected chi connectivity index (χ1v) is 10.8. The van der Waals surface area contributed by atoms with Gasteiger partial charge in [-0.25, -0.2) is 0 Å². The molecule has 1 rings (SSSR count). The van der Waals surface area contributed by atoms with Crippen LogP contribution < -0.4 is 0 Å². The van der Waals surface area contributed by atoms with Gasteiger partial charge in [-0.3, -0.25) is 4.79 Å². The van der Waals surface area contributed by atoms with Crippen molar-refractivity contribution in [3.05, 3.63) is 69.9 Å². The molecule has 1 aromatic rings. The molecule has 3 N–H and O–H groups in total. The number of allylic oxidation sites excluding steroid dienone is 6. The Hall–Kier alpha value is -2.59. The van der Waals surface area contributed by atoms with Crippen molar-refractivity contribution in [3.63, 3.8) is 0 Å². The molecule has 31 heavy (non-hydrogen) atoms. The Morgan fingerprint density at radius 3 is 2.32 bits per heavy atom. The second-order valence-electron chi connectivity index (χ2n) is 8.76. The topological polar surface area (TPSA) is 77.8 Å². The number of benzene rings is 1. The molecular weight excluding hydrogens is 388 g/mol. The quantitative estimate of drug-likeness (QED) is 0.222. The molecule has 0 heterocycles. The predicted molar refractivity (Wildman–Crippen MR) is 128 cm³/mol. The number of aromatic hydroxyl groups is 2. The largest absolute Gasteiger partial charge is 0.508 e. The average molecular weight is 427 g/mol. The van der Waals surface area contributed by atoms with Crippen molar-refractivity contribution in [2.24, 2.45) is 0 Å². The first-order valence-electron chi connectivity index (χ1n) is 10.8. The van der Waals surface area contributed by atoms with Crippen molar-refractivity contribution in [1.29, 1.82) is 0 Å². The fraction of sp³-hybridized carbons (Fsp3) is 0.444. The van der Waals surface area contributed by atoms with Crippen LogP contribution in [0.15, 0.2) is 58.7 Å². The average Bonchev–Trinajstić information content (AvgIpc) is 2.62. The minimum Gasteiger partial charge on any atom is -0.508 e. The van der Waals surface area contributed by atoms with E-state index < -0.39 is 6.10 Å². The molecule has 0 aromatic heterocycles. The third-order valence-electron chi connectivity index (χ3n) is 4.98. The Balaban J connectivity index is 2.55. The number of aliphatic hydroxyl groups is 1. The lowest BCUT2D eigenvalue weighted by molar-refractivity contribution is -0.114. The minimum absolute atomic E-state index is 0.0576. The van der Waals surface area contributed by atoms with Gasteiger partial charge in [-0.15, -0.1) is 0 Å². The van der Waals surface area contributed by atoms with Gasteiger partial charge in [0.05, 0.1) is 6.10 Å². The highest BCUT2D eigenvalue weighted by molar-refractivity contribution is 5.91. The molecule has 0 unspecified atom stereocenters. The molecule has 0 saturated heterocycles. The zero-order valence-corrected chi connectivity index (χ0v) is 19.8. The number of rotatable bonds is 11. The summed E-state index contributed by atoms with van der Waals surface area (Å²) in [6, 6.07) is 3.07. The van der Waals surface area contributed by atoms with Crippen molar-refractivity contribution in [1.82, 2.24) is 0 Å². The minimum atomic E-state index is -0.445. The van der Waals surface area contributed by atoms with Gasteiger partial charge in [0.2, 0.25) is 0 Å². The summed E-state index contributed by atoms with van der Waals surface area (Å²) in [7, 11) is 0. The van der Waals surface area contributed by atoms with E-state index in [0.717, 1.165) is 35.1 Å². The zero-order chi connectivity index (χ0) is 23.6. The normalized spacial score (nSPS) is 13.8. The lowest BCUT2D eigenvalue weighted by Gasteiger charge is -2.07. The molecule has 4 nitrogen and oxygen atoms in total. The van der Waals surface area contributed by atoms with Crippen LogP contribution in [0.4, 0.5) is 0 Å². The number of phenolic OH excluding ortho intramolecular Hbond substituents is 2. The molecular formula is C27H38O4. The number of hydrogen-bond acceptors (Lipinski definition) is 4. The maximum atomic E-state index is 12.3. The van der Waals surface area contributed by atoms with E-state index in [1.165, 1.54) is 6.07 Å². The number of ketones is 1. The molecule has 0 spiro atoms. The van der Waals surface area contributed by atoms with E-state index in [4.69, 9.17) is 0 Å². The summed E-state index contributed by atoms with van der Waals surface area (Å²) in [6.07, 6.45) is 10.2. The molecule has 0 amide bonds. The second-order valence-corrected chi connectivity index (χ2v) is 8.76. The van der Waals surface area contributed by atoms with E-state index in [2.05, 4.69) is 6.08 Å². The van der Waals surface area contributed by atoms with Crippen LogP contribution in [0, 0.1) is 6.92 Å². The molecule has 0 radical (unpaired) electrons. The Kier molecular flexibility index (Phi) is 11.1. The van der Waals surface area contributed by atoms with E-state index in [0.29, 0.717) is 30.4 Å². The van der Waals surface area contributed by atoms with Gasteiger partial charge in [-0.1, -0.05) is 40.5 Å². The highest BCUT2D eigenvalue weighted by Gasteiger charge is 2.07. The maximum absolute atomic E-state index is 12.3. The van der Waals surface area contributed by atoms with Crippen molar-refractivity contribution >= 4 is 5.78 Å². The predicted octanol–water partition coefficient (Wildman–Crippen LogP) is 6.24. The second kappa shape index (κ2) is 13.0. The van der Waals surface area contributed by atoms with Crippen molar-refractivity contribution in [2.75, 3.05) is 0 Å². The van der Waals surface area contributed by atoms with Crippen LogP contribution in [-0.2, 0) is 11.2 Å². The van der Waals surface area contributed by atoms with Gasteiger partial charge in [0.1, 0.15) is 11.5 Å². The van der Waals surface area contributed by atoms with E-state index in [-0.39, 0.29) is 17.3 Å². The first kappa shape index (κ1) is 26.4. The van der Waals surface area contributed by atoms with E-state index in [9.17, 15) is 20.1 Å². The number of hydrogen-bond donors (Lipinski definition) is 3. The van der Waals surface area contributed by atoms with Crippen molar-refractivity contribution in [3.8, 4) is 11.5 Å². The first-order chi connectivity index (χ1) is 14.5. The number of carbonyl (C=O) groups is 1. The molecule has 0 aliphatic rings. The summed E-state index contributed by atoms with van der Waals surface area (Å²) in [5.74, 6) is 0.365. The third-order valence-corrected chi connectivity index (χ3v) is 4.98. The molecule has 1 atom stereocenters. The van der Waals surface area contributed by atoms with Crippen LogP contribution in [0.2, 0.25) is 0 Å². The standard InChI is InChI=1S/C27H38O4/c1-18(2)12-24(28)13-19(3)8-7-9-20(4)14-25(29)15-21(5)10-11-23-17-26(30)16-22(6)27(23)31/h8,10,12,14,16-17,24,28,30-31H,7,9,11,13,15H2,1-6H3/b19-8+,20-14-,21-10+/t24-/m0/s1. The molecule has 0 aliphatic heterocycles. The van der Waals surface area contributed by atoms with E-state index in [1.54, 1.807) is 19.1 Å². The summed E-state index contributed by atoms with van der Waals surface area (Å²) >= 11 is 0. The highest BCUT2D eigenvalue weighted by atomic mass is 16.3. The van der Waals surface area contributed by atoms with Gasteiger partial charge in [-0.2, -0.15) is 0 Å². The van der Waals surface area contributed by atoms with E-state index >= 15 is 0 Å². The zero-order valence-electron chi connectivity index (χ0n) is 19.8. The Morgan fingerprint density at radius 1 is 1.00 bits per heavy atom. The summed E-state index contributed by atoms with van der Waals surface area (Å²) in [5.41, 5.74) is 5.50. The van der Waals surface area contributed by atoms with Crippen molar-refractivity contribution < 1.29 is 20.1 Å². The number of carbonyl (C=O) groups excluding carboxylic acids is 1. The number of aliphatic hydroxyl groups excluding tert-OH is 1. The fourth-order valence-electron chi connectivity index (χ4n) is 3.42. The van der Waals surface area contributed by atoms with Crippen LogP contribution in [0.1, 0.15) is 71.4 Å². The van der Waals surface area contributed by atoms with Crippen molar-refractivity contribution in [2.45, 2.75) is 79.8 Å². The van der Waals surface area contributed by atoms with E-state index in [1.807, 2.05) is 46.8 Å². The molecule has 0 fully saturated rings.